The number of hydrogen-bond acceptors (Lipinski definition) is 4. The van der Waals surface area contributed by atoms with E-state index in [1.54, 1.807) is 60.3 Å². The number of hydrogen-bond donors (Lipinski definition) is 1. The molecule has 0 aliphatic heterocycles. The number of ether oxygens (including phenoxy) is 1. The highest BCUT2D eigenvalue weighted by molar-refractivity contribution is 7.91. The Kier molecular flexibility index (Phi) is 5.77. The van der Waals surface area contributed by atoms with Crippen LogP contribution in [0.2, 0.25) is 0 Å². The maximum atomic E-state index is 13.2. The molecule has 7 heteroatoms. The Morgan fingerprint density at radius 2 is 1.61 bits per heavy atom. The minimum absolute atomic E-state index is 0.0149. The van der Waals surface area contributed by atoms with Crippen molar-refractivity contribution in [3.63, 3.8) is 0 Å². The van der Waals surface area contributed by atoms with Crippen molar-refractivity contribution < 1.29 is 17.9 Å². The number of para-hydroxylation sites is 1. The first-order chi connectivity index (χ1) is 15.0. The van der Waals surface area contributed by atoms with Crippen LogP contribution in [0.25, 0.3) is 10.9 Å². The summed E-state index contributed by atoms with van der Waals surface area (Å²) in [4.78, 5) is 13.0. The molecule has 6 nitrogen and oxygen atoms in total. The summed E-state index contributed by atoms with van der Waals surface area (Å²) in [6, 6.07) is 22.9. The third-order valence-electron chi connectivity index (χ3n) is 5.06. The molecule has 0 bridgehead atoms. The number of methoxy groups -OCH3 is 1. The van der Waals surface area contributed by atoms with Crippen LogP contribution >= 0.6 is 0 Å². The number of aromatic nitrogens is 1. The Morgan fingerprint density at radius 3 is 2.32 bits per heavy atom. The van der Waals surface area contributed by atoms with Crippen molar-refractivity contribution in [1.82, 2.24) is 9.88 Å². The van der Waals surface area contributed by atoms with E-state index in [1.807, 2.05) is 36.4 Å². The molecule has 31 heavy (non-hydrogen) atoms. The molecule has 3 aromatic carbocycles. The Hall–Kier alpha value is -3.58. The van der Waals surface area contributed by atoms with Gasteiger partial charge in [-0.05, 0) is 35.9 Å². The van der Waals surface area contributed by atoms with E-state index in [-0.39, 0.29) is 22.2 Å². The first-order valence-corrected chi connectivity index (χ1v) is 11.2. The van der Waals surface area contributed by atoms with Gasteiger partial charge in [0.1, 0.15) is 12.3 Å². The molecule has 0 atom stereocenters. The maximum Gasteiger partial charge on any atom is 0.240 e. The van der Waals surface area contributed by atoms with Crippen molar-refractivity contribution in [2.24, 2.45) is 0 Å². The summed E-state index contributed by atoms with van der Waals surface area (Å²) in [5.41, 5.74) is 1.63. The van der Waals surface area contributed by atoms with Crippen LogP contribution in [0.3, 0.4) is 0 Å². The first kappa shape index (κ1) is 20.7. The van der Waals surface area contributed by atoms with Crippen LogP contribution in [-0.2, 0) is 27.7 Å². The number of nitrogens with one attached hydrogen (secondary N) is 1. The van der Waals surface area contributed by atoms with Gasteiger partial charge in [-0.3, -0.25) is 4.79 Å². The van der Waals surface area contributed by atoms with Crippen LogP contribution in [-0.4, -0.2) is 26.0 Å². The molecule has 1 heterocycles. The fourth-order valence-electron chi connectivity index (χ4n) is 3.44. The predicted octanol–water partition coefficient (Wildman–Crippen LogP) is 3.80. The second-order valence-corrected chi connectivity index (χ2v) is 9.00. The molecule has 158 valence electrons. The summed E-state index contributed by atoms with van der Waals surface area (Å²) in [7, 11) is -2.11. The van der Waals surface area contributed by atoms with E-state index < -0.39 is 9.84 Å². The number of carbonyl (C=O) groups is 1. The van der Waals surface area contributed by atoms with Crippen molar-refractivity contribution in [3.05, 3.63) is 90.6 Å². The van der Waals surface area contributed by atoms with Crippen molar-refractivity contribution in [3.8, 4) is 5.75 Å². The topological polar surface area (TPSA) is 77.4 Å². The summed E-state index contributed by atoms with van der Waals surface area (Å²) in [5.74, 6) is 0.543. The van der Waals surface area contributed by atoms with Crippen molar-refractivity contribution >= 4 is 26.6 Å². The standard InChI is InChI=1S/C24H22N2O4S/c1-30-19-13-11-18(12-14-19)15-25-24(27)17-26-16-23(21-9-5-6-10-22(21)26)31(28,29)20-7-3-2-4-8-20/h2-14,16H,15,17H2,1H3,(H,25,27). The largest absolute Gasteiger partial charge is 0.497 e. The Morgan fingerprint density at radius 1 is 0.935 bits per heavy atom. The van der Waals surface area contributed by atoms with Gasteiger partial charge in [-0.2, -0.15) is 0 Å². The zero-order chi connectivity index (χ0) is 21.8. The molecule has 1 amide bonds. The molecular formula is C24H22N2O4S. The molecule has 4 rings (SSSR count). The second-order valence-electron chi connectivity index (χ2n) is 7.08. The third-order valence-corrected chi connectivity index (χ3v) is 6.85. The first-order valence-electron chi connectivity index (χ1n) is 9.76. The average Bonchev–Trinajstić information content (AvgIpc) is 3.18. The lowest BCUT2D eigenvalue weighted by Crippen LogP contribution is -2.26. The van der Waals surface area contributed by atoms with E-state index >= 15 is 0 Å². The summed E-state index contributed by atoms with van der Waals surface area (Å²) in [5, 5.41) is 3.47. The maximum absolute atomic E-state index is 13.2. The van der Waals surface area contributed by atoms with Crippen LogP contribution in [0, 0.1) is 0 Å². The SMILES string of the molecule is COc1ccc(CNC(=O)Cn2cc(S(=O)(=O)c3ccccc3)c3ccccc32)cc1. The second kappa shape index (κ2) is 8.65. The molecule has 1 aromatic heterocycles. The zero-order valence-electron chi connectivity index (χ0n) is 17.0. The quantitative estimate of drug-likeness (QED) is 0.480. The Bertz CT molecular complexity index is 1310. The van der Waals surface area contributed by atoms with E-state index in [1.165, 1.54) is 0 Å². The lowest BCUT2D eigenvalue weighted by Gasteiger charge is -2.08. The van der Waals surface area contributed by atoms with Gasteiger partial charge in [0.25, 0.3) is 0 Å². The molecule has 0 aliphatic carbocycles. The van der Waals surface area contributed by atoms with Gasteiger partial charge >= 0.3 is 0 Å². The van der Waals surface area contributed by atoms with Gasteiger partial charge in [-0.1, -0.05) is 48.5 Å². The minimum atomic E-state index is -3.71. The lowest BCUT2D eigenvalue weighted by atomic mass is 10.2. The number of amides is 1. The highest BCUT2D eigenvalue weighted by Gasteiger charge is 2.23. The van der Waals surface area contributed by atoms with Crippen molar-refractivity contribution in [1.29, 1.82) is 0 Å². The number of benzene rings is 3. The molecule has 0 radical (unpaired) electrons. The van der Waals surface area contributed by atoms with E-state index in [2.05, 4.69) is 5.32 Å². The van der Waals surface area contributed by atoms with Crippen molar-refractivity contribution in [2.75, 3.05) is 7.11 Å². The van der Waals surface area contributed by atoms with E-state index in [0.29, 0.717) is 17.4 Å². The molecule has 1 N–H and O–H groups in total. The number of sulfone groups is 1. The highest BCUT2D eigenvalue weighted by Crippen LogP contribution is 2.30. The van der Waals surface area contributed by atoms with Gasteiger partial charge in [0, 0.05) is 23.6 Å². The highest BCUT2D eigenvalue weighted by atomic mass is 32.2. The van der Waals surface area contributed by atoms with Crippen LogP contribution in [0.4, 0.5) is 0 Å². The van der Waals surface area contributed by atoms with E-state index in [4.69, 9.17) is 4.74 Å². The van der Waals surface area contributed by atoms with Gasteiger partial charge in [0.15, 0.2) is 0 Å². The average molecular weight is 435 g/mol. The number of nitrogens with zero attached hydrogens (tertiary/aromatic N) is 1. The molecule has 4 aromatic rings. The number of carbonyl (C=O) groups excluding carboxylic acids is 1. The monoisotopic (exact) mass is 434 g/mol. The fourth-order valence-corrected chi connectivity index (χ4v) is 4.94. The minimum Gasteiger partial charge on any atom is -0.497 e. The summed E-state index contributed by atoms with van der Waals surface area (Å²) < 4.78 is 33.2. The molecule has 0 spiro atoms. The van der Waals surface area contributed by atoms with Crippen LogP contribution in [0.1, 0.15) is 5.56 Å². The number of fused-ring (bicyclic) bond motifs is 1. The summed E-state index contributed by atoms with van der Waals surface area (Å²) in [6.07, 6.45) is 1.54. The third kappa shape index (κ3) is 4.32. The lowest BCUT2D eigenvalue weighted by molar-refractivity contribution is -0.121. The molecular weight excluding hydrogens is 412 g/mol. The van der Waals surface area contributed by atoms with Gasteiger partial charge in [-0.25, -0.2) is 8.42 Å². The van der Waals surface area contributed by atoms with Crippen LogP contribution in [0.15, 0.2) is 94.9 Å². The van der Waals surface area contributed by atoms with Crippen LogP contribution < -0.4 is 10.1 Å². The predicted molar refractivity (Wildman–Crippen MR) is 119 cm³/mol. The fraction of sp³-hybridized carbons (Fsp3) is 0.125. The summed E-state index contributed by atoms with van der Waals surface area (Å²) >= 11 is 0. The van der Waals surface area contributed by atoms with Gasteiger partial charge in [-0.15, -0.1) is 0 Å². The summed E-state index contributed by atoms with van der Waals surface area (Å²) in [6.45, 7) is 0.387. The van der Waals surface area contributed by atoms with Gasteiger partial charge < -0.3 is 14.6 Å². The van der Waals surface area contributed by atoms with Gasteiger partial charge in [0.05, 0.1) is 16.9 Å². The van der Waals surface area contributed by atoms with E-state index in [0.717, 1.165) is 11.3 Å². The Labute approximate surface area is 181 Å². The normalized spacial score (nSPS) is 11.4. The molecule has 0 fully saturated rings. The van der Waals surface area contributed by atoms with Crippen molar-refractivity contribution in [2.45, 2.75) is 22.9 Å². The smallest absolute Gasteiger partial charge is 0.240 e. The molecule has 0 aliphatic rings. The molecule has 0 saturated carbocycles. The van der Waals surface area contributed by atoms with Crippen LogP contribution in [0.5, 0.6) is 5.75 Å². The van der Waals surface area contributed by atoms with Gasteiger partial charge in [0.2, 0.25) is 15.7 Å². The zero-order valence-corrected chi connectivity index (χ0v) is 17.8. The molecule has 0 saturated heterocycles. The number of rotatable bonds is 7. The van der Waals surface area contributed by atoms with E-state index in [9.17, 15) is 13.2 Å². The Balaban J connectivity index is 1.57. The molecule has 0 unspecified atom stereocenters.